The normalized spacial score (nSPS) is 15.7. The van der Waals surface area contributed by atoms with Crippen LogP contribution in [0.1, 0.15) is 11.1 Å². The van der Waals surface area contributed by atoms with E-state index in [0.29, 0.717) is 12.3 Å². The molecule has 6 nitrogen and oxygen atoms in total. The van der Waals surface area contributed by atoms with Crippen LogP contribution in [0.3, 0.4) is 0 Å². The lowest BCUT2D eigenvalue weighted by molar-refractivity contribution is -0.127. The molecule has 3 rings (SSSR count). The van der Waals surface area contributed by atoms with E-state index in [1.54, 1.807) is 13.1 Å². The third-order valence-electron chi connectivity index (χ3n) is 4.24. The second-order valence-corrected chi connectivity index (χ2v) is 6.49. The van der Waals surface area contributed by atoms with Gasteiger partial charge in [-0.1, -0.05) is 18.2 Å². The molecule has 0 saturated heterocycles. The van der Waals surface area contributed by atoms with Crippen molar-refractivity contribution in [1.82, 2.24) is 5.32 Å². The minimum absolute atomic E-state index is 0.137. The van der Waals surface area contributed by atoms with E-state index in [4.69, 9.17) is 4.74 Å². The maximum Gasteiger partial charge on any atom is 0.262 e. The van der Waals surface area contributed by atoms with Gasteiger partial charge < -0.3 is 20.3 Å². The molecular formula is C20H23N3O3. The fourth-order valence-corrected chi connectivity index (χ4v) is 3.17. The lowest BCUT2D eigenvalue weighted by Gasteiger charge is -2.35. The van der Waals surface area contributed by atoms with Gasteiger partial charge in [0, 0.05) is 12.7 Å². The minimum atomic E-state index is -0.649. The SMILES string of the molecule is CNC(=O)[C@@H]1CN(CC(=O)Nc2cc(C)cc(C)c2)c2ccccc2O1. The van der Waals surface area contributed by atoms with Crippen molar-refractivity contribution in [3.05, 3.63) is 53.6 Å². The third kappa shape index (κ3) is 3.96. The molecule has 0 spiro atoms. The van der Waals surface area contributed by atoms with E-state index >= 15 is 0 Å². The molecule has 2 N–H and O–H groups in total. The number of anilines is 2. The Bertz CT molecular complexity index is 815. The number of carbonyl (C=O) groups is 2. The lowest BCUT2D eigenvalue weighted by Crippen LogP contribution is -2.50. The Balaban J connectivity index is 1.76. The molecule has 1 aliphatic heterocycles. The fraction of sp³-hybridized carbons (Fsp3) is 0.300. The number of benzene rings is 2. The predicted molar refractivity (Wildman–Crippen MR) is 102 cm³/mol. The van der Waals surface area contributed by atoms with Crippen molar-refractivity contribution in [2.45, 2.75) is 20.0 Å². The molecule has 0 radical (unpaired) electrons. The van der Waals surface area contributed by atoms with Gasteiger partial charge in [-0.15, -0.1) is 0 Å². The molecule has 2 amide bonds. The van der Waals surface area contributed by atoms with Gasteiger partial charge in [-0.3, -0.25) is 9.59 Å². The van der Waals surface area contributed by atoms with Gasteiger partial charge in [0.25, 0.3) is 5.91 Å². The predicted octanol–water partition coefficient (Wildman–Crippen LogP) is 2.26. The Morgan fingerprint density at radius 1 is 1.15 bits per heavy atom. The summed E-state index contributed by atoms with van der Waals surface area (Å²) >= 11 is 0. The number of likely N-dealkylation sites (N-methyl/N-ethyl adjacent to an activating group) is 1. The first kappa shape index (κ1) is 17.8. The van der Waals surface area contributed by atoms with Crippen LogP contribution in [-0.4, -0.2) is 38.1 Å². The second kappa shape index (κ2) is 7.47. The Hall–Kier alpha value is -3.02. The van der Waals surface area contributed by atoms with E-state index in [0.717, 1.165) is 22.5 Å². The number of rotatable bonds is 4. The van der Waals surface area contributed by atoms with Crippen LogP contribution in [0.2, 0.25) is 0 Å². The van der Waals surface area contributed by atoms with Crippen LogP contribution < -0.4 is 20.3 Å². The summed E-state index contributed by atoms with van der Waals surface area (Å²) < 4.78 is 5.76. The summed E-state index contributed by atoms with van der Waals surface area (Å²) in [7, 11) is 1.57. The summed E-state index contributed by atoms with van der Waals surface area (Å²) in [5, 5.41) is 5.54. The monoisotopic (exact) mass is 353 g/mol. The van der Waals surface area contributed by atoms with E-state index in [1.807, 2.05) is 49.1 Å². The number of aryl methyl sites for hydroxylation is 2. The zero-order valence-electron chi connectivity index (χ0n) is 15.2. The molecule has 2 aromatic carbocycles. The van der Waals surface area contributed by atoms with Gasteiger partial charge in [0.1, 0.15) is 5.75 Å². The zero-order chi connectivity index (χ0) is 18.7. The molecule has 0 bridgehead atoms. The number of hydrogen-bond donors (Lipinski definition) is 2. The molecule has 2 aromatic rings. The van der Waals surface area contributed by atoms with Crippen LogP contribution >= 0.6 is 0 Å². The smallest absolute Gasteiger partial charge is 0.262 e. The molecule has 0 unspecified atom stereocenters. The highest BCUT2D eigenvalue weighted by Crippen LogP contribution is 2.33. The van der Waals surface area contributed by atoms with Crippen LogP contribution in [0.25, 0.3) is 0 Å². The zero-order valence-corrected chi connectivity index (χ0v) is 15.2. The van der Waals surface area contributed by atoms with Crippen LogP contribution in [0, 0.1) is 13.8 Å². The number of hydrogen-bond acceptors (Lipinski definition) is 4. The highest BCUT2D eigenvalue weighted by atomic mass is 16.5. The Morgan fingerprint density at radius 3 is 2.54 bits per heavy atom. The average molecular weight is 353 g/mol. The second-order valence-electron chi connectivity index (χ2n) is 6.49. The van der Waals surface area contributed by atoms with Crippen LogP contribution in [-0.2, 0) is 9.59 Å². The molecule has 0 aliphatic carbocycles. The third-order valence-corrected chi connectivity index (χ3v) is 4.24. The number of amides is 2. The van der Waals surface area contributed by atoms with Crippen molar-refractivity contribution in [2.24, 2.45) is 0 Å². The number of ether oxygens (including phenoxy) is 1. The first-order valence-corrected chi connectivity index (χ1v) is 8.56. The average Bonchev–Trinajstić information content (AvgIpc) is 2.59. The van der Waals surface area contributed by atoms with E-state index in [1.165, 1.54) is 0 Å². The number of nitrogens with zero attached hydrogens (tertiary/aromatic N) is 1. The van der Waals surface area contributed by atoms with Gasteiger partial charge >= 0.3 is 0 Å². The number of carbonyl (C=O) groups excluding carboxylic acids is 2. The molecule has 0 fully saturated rings. The van der Waals surface area contributed by atoms with Gasteiger partial charge in [0.15, 0.2) is 6.10 Å². The summed E-state index contributed by atoms with van der Waals surface area (Å²) in [6.45, 7) is 4.45. The molecular weight excluding hydrogens is 330 g/mol. The molecule has 6 heteroatoms. The van der Waals surface area contributed by atoms with Crippen molar-refractivity contribution in [3.63, 3.8) is 0 Å². The van der Waals surface area contributed by atoms with Crippen molar-refractivity contribution >= 4 is 23.2 Å². The first-order chi connectivity index (χ1) is 12.5. The first-order valence-electron chi connectivity index (χ1n) is 8.56. The van der Waals surface area contributed by atoms with Gasteiger partial charge in [-0.2, -0.15) is 0 Å². The Morgan fingerprint density at radius 2 is 1.85 bits per heavy atom. The molecule has 1 heterocycles. The van der Waals surface area contributed by atoms with E-state index < -0.39 is 6.10 Å². The van der Waals surface area contributed by atoms with Gasteiger partial charge in [-0.25, -0.2) is 0 Å². The molecule has 26 heavy (non-hydrogen) atoms. The van der Waals surface area contributed by atoms with Crippen molar-refractivity contribution < 1.29 is 14.3 Å². The summed E-state index contributed by atoms with van der Waals surface area (Å²) in [6.07, 6.45) is -0.649. The van der Waals surface area contributed by atoms with Gasteiger partial charge in [0.05, 0.1) is 18.8 Å². The number of nitrogens with one attached hydrogen (secondary N) is 2. The maximum atomic E-state index is 12.6. The summed E-state index contributed by atoms with van der Waals surface area (Å²) in [5.74, 6) is 0.258. The minimum Gasteiger partial charge on any atom is -0.477 e. The Kier molecular flexibility index (Phi) is 5.11. The van der Waals surface area contributed by atoms with Crippen LogP contribution in [0.4, 0.5) is 11.4 Å². The molecule has 1 aliphatic rings. The quantitative estimate of drug-likeness (QED) is 0.885. The molecule has 1 atom stereocenters. The van der Waals surface area contributed by atoms with Crippen molar-refractivity contribution in [1.29, 1.82) is 0 Å². The van der Waals surface area contributed by atoms with Crippen molar-refractivity contribution in [3.8, 4) is 5.75 Å². The Labute approximate surface area is 153 Å². The summed E-state index contributed by atoms with van der Waals surface area (Å²) in [6, 6.07) is 13.4. The fourth-order valence-electron chi connectivity index (χ4n) is 3.17. The number of para-hydroxylation sites is 2. The number of fused-ring (bicyclic) bond motifs is 1. The van der Waals surface area contributed by atoms with E-state index in [2.05, 4.69) is 16.7 Å². The van der Waals surface area contributed by atoms with Gasteiger partial charge in [-0.05, 0) is 49.2 Å². The molecule has 0 aromatic heterocycles. The van der Waals surface area contributed by atoms with E-state index in [9.17, 15) is 9.59 Å². The van der Waals surface area contributed by atoms with E-state index in [-0.39, 0.29) is 18.4 Å². The topological polar surface area (TPSA) is 70.7 Å². The largest absolute Gasteiger partial charge is 0.477 e. The standard InChI is InChI=1S/C20H23N3O3/c1-13-8-14(2)10-15(9-13)22-19(24)12-23-11-18(20(25)21-3)26-17-7-5-4-6-16(17)23/h4-10,18H,11-12H2,1-3H3,(H,21,25)(H,22,24)/t18-/m0/s1. The van der Waals surface area contributed by atoms with Gasteiger partial charge in [0.2, 0.25) is 5.91 Å². The van der Waals surface area contributed by atoms with Crippen LogP contribution in [0.5, 0.6) is 5.75 Å². The van der Waals surface area contributed by atoms with Crippen molar-refractivity contribution in [2.75, 3.05) is 30.4 Å². The molecule has 0 saturated carbocycles. The summed E-state index contributed by atoms with van der Waals surface area (Å²) in [5.41, 5.74) is 3.77. The van der Waals surface area contributed by atoms with Crippen LogP contribution in [0.15, 0.2) is 42.5 Å². The maximum absolute atomic E-state index is 12.6. The molecule has 136 valence electrons. The highest BCUT2D eigenvalue weighted by Gasteiger charge is 2.30. The summed E-state index contributed by atoms with van der Waals surface area (Å²) in [4.78, 5) is 26.4. The lowest BCUT2D eigenvalue weighted by atomic mass is 10.1. The highest BCUT2D eigenvalue weighted by molar-refractivity contribution is 5.95.